The summed E-state index contributed by atoms with van der Waals surface area (Å²) in [6, 6.07) is 8.17. The van der Waals surface area contributed by atoms with Crippen molar-refractivity contribution in [3.8, 4) is 0 Å². The molecule has 0 aromatic heterocycles. The van der Waals surface area contributed by atoms with E-state index in [2.05, 4.69) is 47.2 Å². The summed E-state index contributed by atoms with van der Waals surface area (Å²) in [6.07, 6.45) is 1.60. The van der Waals surface area contributed by atoms with Crippen LogP contribution in [0.4, 0.5) is 0 Å². The van der Waals surface area contributed by atoms with E-state index < -0.39 is 5.54 Å². The minimum atomic E-state index is -0.590. The second kappa shape index (κ2) is 4.67. The van der Waals surface area contributed by atoms with Gasteiger partial charge in [-0.15, -0.1) is 0 Å². The molecule has 0 unspecified atom stereocenters. The number of rotatable bonds is 4. The van der Waals surface area contributed by atoms with E-state index in [9.17, 15) is 4.79 Å². The summed E-state index contributed by atoms with van der Waals surface area (Å²) < 4.78 is 1.05. The highest BCUT2D eigenvalue weighted by Crippen LogP contribution is 2.32. The molecule has 4 heteroatoms. The Morgan fingerprint density at radius 3 is 2.72 bits per heavy atom. The normalized spacial score (nSPS) is 17.3. The van der Waals surface area contributed by atoms with Crippen LogP contribution in [0.3, 0.4) is 0 Å². The zero-order valence-corrected chi connectivity index (χ0v) is 12.4. The maximum absolute atomic E-state index is 11.8. The maximum Gasteiger partial charge on any atom is 0.240 e. The zero-order valence-electron chi connectivity index (χ0n) is 10.8. The molecular weight excluding hydrogens is 292 g/mol. The van der Waals surface area contributed by atoms with Crippen molar-refractivity contribution in [3.05, 3.63) is 34.3 Å². The average molecular weight is 311 g/mol. The quantitative estimate of drug-likeness (QED) is 0.897. The minimum Gasteiger partial charge on any atom is -0.354 e. The van der Waals surface area contributed by atoms with Gasteiger partial charge in [-0.05, 0) is 30.5 Å². The zero-order chi connectivity index (χ0) is 13.4. The third-order valence-corrected chi connectivity index (χ3v) is 4.03. The Balaban J connectivity index is 2.01. The van der Waals surface area contributed by atoms with Crippen molar-refractivity contribution >= 4 is 21.8 Å². The first-order chi connectivity index (χ1) is 8.33. The number of amides is 1. The largest absolute Gasteiger partial charge is 0.354 e. The predicted molar refractivity (Wildman–Crippen MR) is 76.3 cm³/mol. The van der Waals surface area contributed by atoms with Crippen LogP contribution in [0.5, 0.6) is 0 Å². The summed E-state index contributed by atoms with van der Waals surface area (Å²) in [5.41, 5.74) is 6.36. The molecule has 1 fully saturated rings. The molecule has 0 radical (unpaired) electrons. The molecule has 1 aromatic carbocycles. The predicted octanol–water partition coefficient (Wildman–Crippen LogP) is 2.33. The number of carbonyl (C=O) groups excluding carboxylic acids is 1. The monoisotopic (exact) mass is 310 g/mol. The minimum absolute atomic E-state index is 0.0226. The summed E-state index contributed by atoms with van der Waals surface area (Å²) >= 11 is 3.47. The summed E-state index contributed by atoms with van der Waals surface area (Å²) in [7, 11) is 0. The molecule has 98 valence electrons. The van der Waals surface area contributed by atoms with Gasteiger partial charge < -0.3 is 11.1 Å². The van der Waals surface area contributed by atoms with Crippen molar-refractivity contribution < 1.29 is 4.79 Å². The van der Waals surface area contributed by atoms with Crippen molar-refractivity contribution in [1.82, 2.24) is 5.32 Å². The number of carbonyl (C=O) groups is 1. The van der Waals surface area contributed by atoms with Crippen molar-refractivity contribution in [2.24, 2.45) is 5.73 Å². The molecule has 0 aliphatic heterocycles. The van der Waals surface area contributed by atoms with E-state index in [0.717, 1.165) is 17.3 Å². The molecule has 1 aliphatic carbocycles. The average Bonchev–Trinajstić information content (AvgIpc) is 3.06. The van der Waals surface area contributed by atoms with Gasteiger partial charge in [0.05, 0.1) is 5.54 Å². The van der Waals surface area contributed by atoms with E-state index in [0.29, 0.717) is 6.54 Å². The van der Waals surface area contributed by atoms with E-state index in [1.807, 2.05) is 12.1 Å². The van der Waals surface area contributed by atoms with Gasteiger partial charge in [0.15, 0.2) is 0 Å². The SMILES string of the molecule is CC(C)(CNC(=O)C1(N)CC1)c1cccc(Br)c1. The molecule has 0 heterocycles. The van der Waals surface area contributed by atoms with E-state index >= 15 is 0 Å². The van der Waals surface area contributed by atoms with E-state index in [4.69, 9.17) is 5.73 Å². The number of hydrogen-bond acceptors (Lipinski definition) is 2. The molecule has 1 amide bonds. The first-order valence-corrected chi connectivity index (χ1v) is 6.96. The van der Waals surface area contributed by atoms with Gasteiger partial charge in [-0.1, -0.05) is 41.9 Å². The van der Waals surface area contributed by atoms with Gasteiger partial charge in [0.2, 0.25) is 5.91 Å². The summed E-state index contributed by atoms with van der Waals surface area (Å²) in [5, 5.41) is 2.96. The van der Waals surface area contributed by atoms with E-state index in [1.54, 1.807) is 0 Å². The van der Waals surface area contributed by atoms with Crippen LogP contribution >= 0.6 is 15.9 Å². The van der Waals surface area contributed by atoms with E-state index in [-0.39, 0.29) is 11.3 Å². The Hall–Kier alpha value is -0.870. The summed E-state index contributed by atoms with van der Waals surface area (Å²) in [6.45, 7) is 4.83. The molecule has 18 heavy (non-hydrogen) atoms. The Morgan fingerprint density at radius 1 is 1.50 bits per heavy atom. The fourth-order valence-corrected chi connectivity index (χ4v) is 2.25. The van der Waals surface area contributed by atoms with Gasteiger partial charge >= 0.3 is 0 Å². The molecule has 3 nitrogen and oxygen atoms in total. The molecule has 1 saturated carbocycles. The molecular formula is C14H19BrN2O. The lowest BCUT2D eigenvalue weighted by Crippen LogP contribution is -2.46. The second-order valence-corrected chi connectivity index (χ2v) is 6.65. The topological polar surface area (TPSA) is 55.1 Å². The number of benzene rings is 1. The van der Waals surface area contributed by atoms with Gasteiger partial charge in [-0.3, -0.25) is 4.79 Å². The Morgan fingerprint density at radius 2 is 2.17 bits per heavy atom. The fraction of sp³-hybridized carbons (Fsp3) is 0.500. The maximum atomic E-state index is 11.8. The molecule has 1 aliphatic rings. The standard InChI is InChI=1S/C14H19BrN2O/c1-13(2,10-4-3-5-11(15)8-10)9-17-12(18)14(16)6-7-14/h3-5,8H,6-7,9,16H2,1-2H3,(H,17,18). The molecule has 0 bridgehead atoms. The molecule has 0 spiro atoms. The van der Waals surface area contributed by atoms with Crippen molar-refractivity contribution in [3.63, 3.8) is 0 Å². The van der Waals surface area contributed by atoms with Gasteiger partial charge in [0.25, 0.3) is 0 Å². The summed E-state index contributed by atoms with van der Waals surface area (Å²) in [4.78, 5) is 11.8. The molecule has 0 saturated heterocycles. The van der Waals surface area contributed by atoms with Crippen LogP contribution < -0.4 is 11.1 Å². The van der Waals surface area contributed by atoms with Crippen LogP contribution in [0.2, 0.25) is 0 Å². The highest BCUT2D eigenvalue weighted by Gasteiger charge is 2.46. The number of nitrogens with one attached hydrogen (secondary N) is 1. The highest BCUT2D eigenvalue weighted by atomic mass is 79.9. The van der Waals surface area contributed by atoms with Gasteiger partial charge in [-0.25, -0.2) is 0 Å². The van der Waals surface area contributed by atoms with Gasteiger partial charge in [0.1, 0.15) is 0 Å². The van der Waals surface area contributed by atoms with Crippen LogP contribution in [0, 0.1) is 0 Å². The van der Waals surface area contributed by atoms with Crippen molar-refractivity contribution in [1.29, 1.82) is 0 Å². The first-order valence-electron chi connectivity index (χ1n) is 6.17. The Labute approximate surface area is 116 Å². The second-order valence-electron chi connectivity index (χ2n) is 5.73. The van der Waals surface area contributed by atoms with Crippen molar-refractivity contribution in [2.75, 3.05) is 6.54 Å². The van der Waals surface area contributed by atoms with Gasteiger partial charge in [0, 0.05) is 16.4 Å². The van der Waals surface area contributed by atoms with Crippen LogP contribution in [-0.2, 0) is 10.2 Å². The van der Waals surface area contributed by atoms with Crippen LogP contribution in [0.25, 0.3) is 0 Å². The molecule has 0 atom stereocenters. The van der Waals surface area contributed by atoms with Gasteiger partial charge in [-0.2, -0.15) is 0 Å². The third kappa shape index (κ3) is 2.93. The highest BCUT2D eigenvalue weighted by molar-refractivity contribution is 9.10. The fourth-order valence-electron chi connectivity index (χ4n) is 1.85. The number of hydrogen-bond donors (Lipinski definition) is 2. The lowest BCUT2D eigenvalue weighted by atomic mass is 9.84. The Bertz CT molecular complexity index is 467. The molecule has 1 aromatic rings. The number of halogens is 1. The molecule has 2 rings (SSSR count). The smallest absolute Gasteiger partial charge is 0.240 e. The lowest BCUT2D eigenvalue weighted by Gasteiger charge is -2.26. The number of nitrogens with two attached hydrogens (primary N) is 1. The molecule has 3 N–H and O–H groups in total. The van der Waals surface area contributed by atoms with Crippen LogP contribution in [-0.4, -0.2) is 18.0 Å². The first kappa shape index (κ1) is 13.6. The van der Waals surface area contributed by atoms with Crippen LogP contribution in [0.1, 0.15) is 32.3 Å². The van der Waals surface area contributed by atoms with Crippen LogP contribution in [0.15, 0.2) is 28.7 Å². The lowest BCUT2D eigenvalue weighted by molar-refractivity contribution is -0.123. The summed E-state index contributed by atoms with van der Waals surface area (Å²) in [5.74, 6) is -0.0226. The van der Waals surface area contributed by atoms with Crippen molar-refractivity contribution in [2.45, 2.75) is 37.6 Å². The third-order valence-electron chi connectivity index (χ3n) is 3.54. The Kier molecular flexibility index (Phi) is 3.52. The van der Waals surface area contributed by atoms with E-state index in [1.165, 1.54) is 5.56 Å².